The average molecular weight is 250 g/mol. The summed E-state index contributed by atoms with van der Waals surface area (Å²) in [5.74, 6) is 1.20. The molecule has 1 aromatic heterocycles. The van der Waals surface area contributed by atoms with Crippen LogP contribution in [0.5, 0.6) is 0 Å². The molecular weight excluding hydrogens is 232 g/mol. The Labute approximate surface area is 106 Å². The summed E-state index contributed by atoms with van der Waals surface area (Å²) < 4.78 is 5.28. The fraction of sp³-hybridized carbons (Fsp3) is 0.769. The third-order valence-corrected chi connectivity index (χ3v) is 4.14. The summed E-state index contributed by atoms with van der Waals surface area (Å²) in [6, 6.07) is 0. The Balaban J connectivity index is 1.72. The first-order valence-corrected chi connectivity index (χ1v) is 6.71. The molecule has 0 amide bonds. The second-order valence-corrected chi connectivity index (χ2v) is 5.77. The lowest BCUT2D eigenvalue weighted by Crippen LogP contribution is -2.24. The zero-order chi connectivity index (χ0) is 12.6. The van der Waals surface area contributed by atoms with Gasteiger partial charge in [-0.3, -0.25) is 4.79 Å². The number of rotatable bonds is 5. The maximum absolute atomic E-state index is 11.0. The first kappa shape index (κ1) is 11.7. The number of carboxylic acids is 1. The van der Waals surface area contributed by atoms with Crippen LogP contribution < -0.4 is 0 Å². The molecule has 0 bridgehead atoms. The molecule has 1 heterocycles. The topological polar surface area (TPSA) is 76.2 Å². The van der Waals surface area contributed by atoms with Gasteiger partial charge in [0.15, 0.2) is 5.82 Å². The van der Waals surface area contributed by atoms with Gasteiger partial charge in [-0.1, -0.05) is 18.0 Å². The largest absolute Gasteiger partial charge is 0.481 e. The summed E-state index contributed by atoms with van der Waals surface area (Å²) in [7, 11) is 0. The van der Waals surface area contributed by atoms with Gasteiger partial charge < -0.3 is 9.63 Å². The summed E-state index contributed by atoms with van der Waals surface area (Å²) in [5.41, 5.74) is -0.154. The highest BCUT2D eigenvalue weighted by Crippen LogP contribution is 2.44. The Kier molecular flexibility index (Phi) is 2.84. The molecule has 0 aromatic carbocycles. The van der Waals surface area contributed by atoms with E-state index >= 15 is 0 Å². The third-order valence-electron chi connectivity index (χ3n) is 4.14. The molecule has 0 atom stereocenters. The van der Waals surface area contributed by atoms with Crippen LogP contribution in [0.25, 0.3) is 0 Å². The van der Waals surface area contributed by atoms with Gasteiger partial charge in [0.25, 0.3) is 0 Å². The minimum atomic E-state index is -0.723. The number of carbonyl (C=O) groups is 1. The van der Waals surface area contributed by atoms with Crippen LogP contribution in [0.2, 0.25) is 0 Å². The van der Waals surface area contributed by atoms with E-state index in [2.05, 4.69) is 10.1 Å². The Hall–Kier alpha value is -1.39. The lowest BCUT2D eigenvalue weighted by atomic mass is 9.79. The minimum Gasteiger partial charge on any atom is -0.481 e. The second-order valence-electron chi connectivity index (χ2n) is 5.77. The van der Waals surface area contributed by atoms with Crippen molar-refractivity contribution in [3.05, 3.63) is 11.7 Å². The van der Waals surface area contributed by atoms with Crippen molar-refractivity contribution in [3.63, 3.8) is 0 Å². The van der Waals surface area contributed by atoms with Gasteiger partial charge in [0.2, 0.25) is 5.89 Å². The smallest absolute Gasteiger partial charge is 0.303 e. The number of hydrogen-bond acceptors (Lipinski definition) is 4. The van der Waals surface area contributed by atoms with Gasteiger partial charge in [0.1, 0.15) is 0 Å². The van der Waals surface area contributed by atoms with Gasteiger partial charge in [-0.2, -0.15) is 4.98 Å². The summed E-state index contributed by atoms with van der Waals surface area (Å²) >= 11 is 0. The van der Waals surface area contributed by atoms with Gasteiger partial charge in [-0.05, 0) is 31.1 Å². The van der Waals surface area contributed by atoms with Crippen molar-refractivity contribution in [1.82, 2.24) is 10.1 Å². The van der Waals surface area contributed by atoms with Gasteiger partial charge in [0.05, 0.1) is 6.42 Å². The SMILES string of the molecule is O=C(O)CC1(Cc2nc(C3CC3)no2)CCCC1. The van der Waals surface area contributed by atoms with Crippen molar-refractivity contribution in [3.8, 4) is 0 Å². The average Bonchev–Trinajstić information content (AvgIpc) is 2.90. The summed E-state index contributed by atoms with van der Waals surface area (Å²) in [5, 5.41) is 13.1. The normalized spacial score (nSPS) is 22.2. The Morgan fingerprint density at radius 3 is 2.72 bits per heavy atom. The van der Waals surface area contributed by atoms with Gasteiger partial charge in [-0.15, -0.1) is 0 Å². The lowest BCUT2D eigenvalue weighted by Gasteiger charge is -2.24. The molecule has 0 aliphatic heterocycles. The molecule has 5 heteroatoms. The predicted molar refractivity (Wildman–Crippen MR) is 63.1 cm³/mol. The van der Waals surface area contributed by atoms with Crippen molar-refractivity contribution in [2.75, 3.05) is 0 Å². The van der Waals surface area contributed by atoms with Crippen LogP contribution in [0, 0.1) is 5.41 Å². The quantitative estimate of drug-likeness (QED) is 0.868. The number of aromatic nitrogens is 2. The highest BCUT2D eigenvalue weighted by molar-refractivity contribution is 5.67. The Morgan fingerprint density at radius 1 is 1.39 bits per heavy atom. The molecule has 5 nitrogen and oxygen atoms in total. The van der Waals surface area contributed by atoms with E-state index in [0.29, 0.717) is 18.2 Å². The Bertz CT molecular complexity index is 445. The fourth-order valence-electron chi connectivity index (χ4n) is 3.03. The van der Waals surface area contributed by atoms with Crippen molar-refractivity contribution in [1.29, 1.82) is 0 Å². The first-order chi connectivity index (χ1) is 8.67. The monoisotopic (exact) mass is 250 g/mol. The standard InChI is InChI=1S/C13H18N2O3/c16-11(17)8-13(5-1-2-6-13)7-10-14-12(15-18-10)9-3-4-9/h9H,1-8H2,(H,16,17). The number of hydrogen-bond donors (Lipinski definition) is 1. The van der Waals surface area contributed by atoms with Crippen LogP contribution in [0.3, 0.4) is 0 Å². The molecule has 0 saturated heterocycles. The highest BCUT2D eigenvalue weighted by Gasteiger charge is 2.38. The first-order valence-electron chi connectivity index (χ1n) is 6.71. The summed E-state index contributed by atoms with van der Waals surface area (Å²) in [6.07, 6.45) is 7.28. The van der Waals surface area contributed by atoms with Crippen LogP contribution in [-0.2, 0) is 11.2 Å². The maximum Gasteiger partial charge on any atom is 0.303 e. The highest BCUT2D eigenvalue weighted by atomic mass is 16.5. The molecule has 98 valence electrons. The fourth-order valence-corrected chi connectivity index (χ4v) is 3.03. The maximum atomic E-state index is 11.0. The Morgan fingerprint density at radius 2 is 2.11 bits per heavy atom. The molecule has 2 fully saturated rings. The third kappa shape index (κ3) is 2.40. The van der Waals surface area contributed by atoms with E-state index in [-0.39, 0.29) is 11.8 Å². The molecule has 2 aliphatic rings. The molecule has 1 N–H and O–H groups in total. The van der Waals surface area contributed by atoms with E-state index in [1.807, 2.05) is 0 Å². The van der Waals surface area contributed by atoms with Gasteiger partial charge in [0, 0.05) is 12.3 Å². The second kappa shape index (κ2) is 4.37. The molecule has 3 rings (SSSR count). The molecule has 0 radical (unpaired) electrons. The molecule has 2 saturated carbocycles. The molecule has 0 unspecified atom stereocenters. The van der Waals surface area contributed by atoms with E-state index in [0.717, 1.165) is 44.3 Å². The zero-order valence-electron chi connectivity index (χ0n) is 10.4. The van der Waals surface area contributed by atoms with E-state index in [4.69, 9.17) is 9.63 Å². The van der Waals surface area contributed by atoms with Crippen LogP contribution >= 0.6 is 0 Å². The molecule has 1 aromatic rings. The van der Waals surface area contributed by atoms with E-state index in [9.17, 15) is 4.79 Å². The van der Waals surface area contributed by atoms with Crippen molar-refractivity contribution in [2.45, 2.75) is 57.3 Å². The summed E-state index contributed by atoms with van der Waals surface area (Å²) in [4.78, 5) is 15.4. The molecule has 18 heavy (non-hydrogen) atoms. The van der Waals surface area contributed by atoms with Crippen molar-refractivity contribution >= 4 is 5.97 Å². The predicted octanol–water partition coefficient (Wildman–Crippen LogP) is 2.52. The van der Waals surface area contributed by atoms with Crippen molar-refractivity contribution in [2.24, 2.45) is 5.41 Å². The summed E-state index contributed by atoms with van der Waals surface area (Å²) in [6.45, 7) is 0. The van der Waals surface area contributed by atoms with E-state index in [1.165, 1.54) is 0 Å². The molecule has 2 aliphatic carbocycles. The molecule has 0 spiro atoms. The molecular formula is C13H18N2O3. The lowest BCUT2D eigenvalue weighted by molar-refractivity contribution is -0.139. The van der Waals surface area contributed by atoms with Gasteiger partial charge >= 0.3 is 5.97 Å². The van der Waals surface area contributed by atoms with Crippen molar-refractivity contribution < 1.29 is 14.4 Å². The minimum absolute atomic E-state index is 0.154. The van der Waals surface area contributed by atoms with Crippen LogP contribution in [0.15, 0.2) is 4.52 Å². The van der Waals surface area contributed by atoms with E-state index < -0.39 is 5.97 Å². The van der Waals surface area contributed by atoms with Crippen LogP contribution in [0.4, 0.5) is 0 Å². The zero-order valence-corrected chi connectivity index (χ0v) is 10.4. The number of nitrogens with zero attached hydrogens (tertiary/aromatic N) is 2. The number of aliphatic carboxylic acids is 1. The van der Waals surface area contributed by atoms with E-state index in [1.54, 1.807) is 0 Å². The number of carboxylic acid groups (broad SMARTS) is 1. The van der Waals surface area contributed by atoms with Crippen LogP contribution in [0.1, 0.15) is 62.6 Å². The van der Waals surface area contributed by atoms with Crippen LogP contribution in [-0.4, -0.2) is 21.2 Å². The van der Waals surface area contributed by atoms with Gasteiger partial charge in [-0.25, -0.2) is 0 Å².